The summed E-state index contributed by atoms with van der Waals surface area (Å²) in [5.41, 5.74) is 3.03. The first kappa shape index (κ1) is 25.8. The Kier molecular flexibility index (Phi) is 10.9. The first-order chi connectivity index (χ1) is 14.7. The molecule has 1 aliphatic heterocycles. The molecule has 0 aromatic heterocycles. The summed E-state index contributed by atoms with van der Waals surface area (Å²) in [7, 11) is 0. The molecule has 0 aliphatic carbocycles. The Morgan fingerprint density at radius 3 is 2.13 bits per heavy atom. The van der Waals surface area contributed by atoms with E-state index in [0.29, 0.717) is 25.3 Å². The van der Waals surface area contributed by atoms with Crippen molar-refractivity contribution in [1.82, 2.24) is 15.6 Å². The van der Waals surface area contributed by atoms with Crippen LogP contribution in [0.5, 0.6) is 0 Å². The minimum atomic E-state index is -1.01. The van der Waals surface area contributed by atoms with Gasteiger partial charge in [-0.3, -0.25) is 25.1 Å². The molecule has 0 radical (unpaired) electrons. The Hall–Kier alpha value is -3.25. The van der Waals surface area contributed by atoms with Gasteiger partial charge in [-0.25, -0.2) is 0 Å². The number of esters is 3. The summed E-state index contributed by atoms with van der Waals surface area (Å²) in [6.45, 7) is 4.35. The van der Waals surface area contributed by atoms with Crippen LogP contribution in [0.2, 0.25) is 0 Å². The number of nitrogens with one attached hydrogen (secondary N) is 2. The summed E-state index contributed by atoms with van der Waals surface area (Å²) in [4.78, 5) is 36.1. The molecular formula is C20H28N4O7. The van der Waals surface area contributed by atoms with Gasteiger partial charge in [0.05, 0.1) is 18.8 Å². The summed E-state index contributed by atoms with van der Waals surface area (Å²) in [6, 6.07) is 0. The number of nitrogens with two attached hydrogens (primary N) is 1. The quantitative estimate of drug-likeness (QED) is 0.116. The number of ether oxygens (including phenoxy) is 4. The van der Waals surface area contributed by atoms with Crippen LogP contribution < -0.4 is 16.6 Å². The Bertz CT molecular complexity index is 740. The van der Waals surface area contributed by atoms with Crippen molar-refractivity contribution in [2.75, 3.05) is 26.2 Å². The molecule has 31 heavy (non-hydrogen) atoms. The topological polar surface area (TPSA) is 141 Å². The molecule has 11 heteroatoms. The van der Waals surface area contributed by atoms with E-state index in [9.17, 15) is 14.4 Å². The highest BCUT2D eigenvalue weighted by atomic mass is 16.7. The molecule has 0 aromatic carbocycles. The maximum Gasteiger partial charge on any atom is 0.303 e. The lowest BCUT2D eigenvalue weighted by Crippen LogP contribution is -2.44. The molecule has 1 heterocycles. The molecule has 2 unspecified atom stereocenters. The molecule has 0 spiro atoms. The molecule has 4 N–H and O–H groups in total. The van der Waals surface area contributed by atoms with Crippen LogP contribution in [0.15, 0.2) is 11.9 Å². The Labute approximate surface area is 181 Å². The van der Waals surface area contributed by atoms with Crippen molar-refractivity contribution in [3.8, 4) is 24.7 Å². The highest BCUT2D eigenvalue weighted by molar-refractivity contribution is 5.68. The molecular weight excluding hydrogens is 408 g/mol. The third kappa shape index (κ3) is 8.97. The second-order valence-corrected chi connectivity index (χ2v) is 6.58. The molecule has 0 amide bonds. The first-order valence-corrected chi connectivity index (χ1v) is 9.36. The van der Waals surface area contributed by atoms with E-state index in [-0.39, 0.29) is 6.61 Å². The zero-order chi connectivity index (χ0) is 23.4. The SMILES string of the molecule is C#CCN(CC#C)C/C(=C/N[C@@H]1O[C@H](COC(C)=O)C(OC(C)=O)C1OC(C)=O)NN. The fourth-order valence-corrected chi connectivity index (χ4v) is 2.83. The number of carbonyl (C=O) groups excluding carboxylic acids is 3. The number of carbonyl (C=O) groups is 3. The lowest BCUT2D eigenvalue weighted by molar-refractivity contribution is -0.165. The van der Waals surface area contributed by atoms with Crippen molar-refractivity contribution in [2.24, 2.45) is 5.84 Å². The van der Waals surface area contributed by atoms with Crippen LogP contribution in [0.4, 0.5) is 0 Å². The third-order valence-electron chi connectivity index (χ3n) is 4.00. The molecule has 1 saturated heterocycles. The van der Waals surface area contributed by atoms with Crippen molar-refractivity contribution in [3.63, 3.8) is 0 Å². The van der Waals surface area contributed by atoms with Crippen molar-refractivity contribution in [3.05, 3.63) is 11.9 Å². The van der Waals surface area contributed by atoms with E-state index in [1.807, 2.05) is 0 Å². The van der Waals surface area contributed by atoms with Crippen molar-refractivity contribution in [1.29, 1.82) is 0 Å². The van der Waals surface area contributed by atoms with Gasteiger partial charge in [-0.05, 0) is 0 Å². The van der Waals surface area contributed by atoms with E-state index in [2.05, 4.69) is 22.6 Å². The maximum atomic E-state index is 11.6. The average Bonchev–Trinajstić information content (AvgIpc) is 2.99. The lowest BCUT2D eigenvalue weighted by Gasteiger charge is -2.24. The van der Waals surface area contributed by atoms with Crippen molar-refractivity contribution < 1.29 is 33.3 Å². The van der Waals surface area contributed by atoms with Crippen LogP contribution in [0, 0.1) is 24.7 Å². The predicted octanol–water partition coefficient (Wildman–Crippen LogP) is -1.40. The predicted molar refractivity (Wildman–Crippen MR) is 109 cm³/mol. The molecule has 11 nitrogen and oxygen atoms in total. The zero-order valence-electron chi connectivity index (χ0n) is 17.8. The highest BCUT2D eigenvalue weighted by Gasteiger charge is 2.49. The van der Waals surface area contributed by atoms with Gasteiger partial charge >= 0.3 is 17.9 Å². The summed E-state index contributed by atoms with van der Waals surface area (Å²) < 4.78 is 21.4. The smallest absolute Gasteiger partial charge is 0.303 e. The zero-order valence-corrected chi connectivity index (χ0v) is 17.8. The Morgan fingerprint density at radius 2 is 1.65 bits per heavy atom. The largest absolute Gasteiger partial charge is 0.463 e. The molecule has 4 atom stereocenters. The van der Waals surface area contributed by atoms with E-state index in [1.54, 1.807) is 4.90 Å². The number of nitrogens with zero attached hydrogens (tertiary/aromatic N) is 1. The third-order valence-corrected chi connectivity index (χ3v) is 4.00. The van der Waals surface area contributed by atoms with Gasteiger partial charge in [-0.2, -0.15) is 0 Å². The highest BCUT2D eigenvalue weighted by Crippen LogP contribution is 2.26. The van der Waals surface area contributed by atoms with Crippen molar-refractivity contribution in [2.45, 2.75) is 45.3 Å². The van der Waals surface area contributed by atoms with E-state index >= 15 is 0 Å². The van der Waals surface area contributed by atoms with E-state index in [4.69, 9.17) is 37.6 Å². The van der Waals surface area contributed by atoms with Gasteiger partial charge in [0.2, 0.25) is 0 Å². The van der Waals surface area contributed by atoms with Crippen LogP contribution in [0.3, 0.4) is 0 Å². The maximum absolute atomic E-state index is 11.6. The van der Waals surface area contributed by atoms with E-state index < -0.39 is 42.4 Å². The van der Waals surface area contributed by atoms with Gasteiger partial charge in [0.1, 0.15) is 12.7 Å². The van der Waals surface area contributed by atoms with Gasteiger partial charge < -0.3 is 29.7 Å². The molecule has 0 bridgehead atoms. The van der Waals surface area contributed by atoms with Crippen LogP contribution in [-0.2, 0) is 33.3 Å². The minimum Gasteiger partial charge on any atom is -0.463 e. The van der Waals surface area contributed by atoms with Crippen LogP contribution >= 0.6 is 0 Å². The molecule has 0 aromatic rings. The summed E-state index contributed by atoms with van der Waals surface area (Å²) in [6.07, 6.45) is 8.39. The first-order valence-electron chi connectivity index (χ1n) is 9.36. The number of hydrogen-bond acceptors (Lipinski definition) is 11. The second kappa shape index (κ2) is 13.1. The number of hydrogen-bond donors (Lipinski definition) is 3. The Morgan fingerprint density at radius 1 is 1.06 bits per heavy atom. The summed E-state index contributed by atoms with van der Waals surface area (Å²) >= 11 is 0. The number of rotatable bonds is 11. The van der Waals surface area contributed by atoms with Crippen molar-refractivity contribution >= 4 is 17.9 Å². The summed E-state index contributed by atoms with van der Waals surface area (Å²) in [5, 5.41) is 2.93. The number of terminal acetylenes is 2. The Balaban J connectivity index is 3.03. The normalized spacial score (nSPS) is 22.7. The van der Waals surface area contributed by atoms with E-state index in [0.717, 1.165) is 0 Å². The van der Waals surface area contributed by atoms with Gasteiger partial charge in [0.15, 0.2) is 18.4 Å². The fourth-order valence-electron chi connectivity index (χ4n) is 2.83. The summed E-state index contributed by atoms with van der Waals surface area (Å²) in [5.74, 6) is 8.82. The van der Waals surface area contributed by atoms with Gasteiger partial charge in [-0.1, -0.05) is 11.8 Å². The second-order valence-electron chi connectivity index (χ2n) is 6.58. The molecule has 1 rings (SSSR count). The standard InChI is InChI=1S/C20H28N4O7/c1-6-8-24(9-7-2)11-16(23-21)10-22-20-19(30-15(5)27)18(29-14(4)26)17(31-20)12-28-13(3)25/h1-2,10,17-20,22-23H,8-9,11-12,21H2,3-5H3/b16-10-/t17-,18?,19?,20-/m1/s1. The van der Waals surface area contributed by atoms with E-state index in [1.165, 1.54) is 27.0 Å². The van der Waals surface area contributed by atoms with Gasteiger partial charge in [0.25, 0.3) is 0 Å². The van der Waals surface area contributed by atoms with Crippen LogP contribution in [0.1, 0.15) is 20.8 Å². The van der Waals surface area contributed by atoms with Crippen LogP contribution in [-0.4, -0.2) is 73.6 Å². The fraction of sp³-hybridized carbons (Fsp3) is 0.550. The molecule has 1 aliphatic rings. The lowest BCUT2D eigenvalue weighted by atomic mass is 10.1. The van der Waals surface area contributed by atoms with Crippen LogP contribution in [0.25, 0.3) is 0 Å². The monoisotopic (exact) mass is 436 g/mol. The van der Waals surface area contributed by atoms with Gasteiger partial charge in [0, 0.05) is 33.5 Å². The molecule has 170 valence electrons. The molecule has 1 fully saturated rings. The molecule has 0 saturated carbocycles. The van der Waals surface area contributed by atoms with Gasteiger partial charge in [-0.15, -0.1) is 12.8 Å². The minimum absolute atomic E-state index is 0.201. The average molecular weight is 436 g/mol. The number of hydrazine groups is 1.